The highest BCUT2D eigenvalue weighted by Gasteiger charge is 2.29. The summed E-state index contributed by atoms with van der Waals surface area (Å²) in [5, 5.41) is 5.72. The van der Waals surface area contributed by atoms with Crippen LogP contribution in [0.15, 0.2) is 29.2 Å². The Morgan fingerprint density at radius 2 is 1.97 bits per heavy atom. The van der Waals surface area contributed by atoms with Crippen molar-refractivity contribution in [3.63, 3.8) is 0 Å². The van der Waals surface area contributed by atoms with Crippen molar-refractivity contribution >= 4 is 46.0 Å². The molecule has 178 valence electrons. The number of rotatable bonds is 9. The van der Waals surface area contributed by atoms with Gasteiger partial charge in [0, 0.05) is 16.2 Å². The van der Waals surface area contributed by atoms with Crippen LogP contribution in [0, 0.1) is 5.92 Å². The van der Waals surface area contributed by atoms with Crippen LogP contribution in [0.5, 0.6) is 5.75 Å². The SMILES string of the molecule is CCOC(=O)NC(=O)c1c(NC(=O)CCCSc2ccc(OC)cc2)sc2c1CCC(C)C2. The lowest BCUT2D eigenvalue weighted by molar-refractivity contribution is -0.116. The van der Waals surface area contributed by atoms with Crippen molar-refractivity contribution in [3.8, 4) is 5.75 Å². The van der Waals surface area contributed by atoms with Gasteiger partial charge in [0.15, 0.2) is 0 Å². The summed E-state index contributed by atoms with van der Waals surface area (Å²) in [7, 11) is 1.64. The number of hydrogen-bond acceptors (Lipinski definition) is 7. The molecule has 0 saturated heterocycles. The minimum Gasteiger partial charge on any atom is -0.497 e. The smallest absolute Gasteiger partial charge is 0.414 e. The van der Waals surface area contributed by atoms with Crippen molar-refractivity contribution < 1.29 is 23.9 Å². The molecule has 0 spiro atoms. The van der Waals surface area contributed by atoms with E-state index >= 15 is 0 Å². The Labute approximate surface area is 202 Å². The highest BCUT2D eigenvalue weighted by Crippen LogP contribution is 2.39. The van der Waals surface area contributed by atoms with Gasteiger partial charge in [-0.25, -0.2) is 4.79 Å². The van der Waals surface area contributed by atoms with Crippen LogP contribution in [0.3, 0.4) is 0 Å². The number of alkyl carbamates (subject to hydrolysis) is 1. The van der Waals surface area contributed by atoms with E-state index in [0.29, 0.717) is 29.3 Å². The maximum atomic E-state index is 12.8. The van der Waals surface area contributed by atoms with E-state index < -0.39 is 12.0 Å². The molecule has 1 atom stereocenters. The average Bonchev–Trinajstić information content (AvgIpc) is 3.14. The van der Waals surface area contributed by atoms with Crippen molar-refractivity contribution in [1.82, 2.24) is 5.32 Å². The summed E-state index contributed by atoms with van der Waals surface area (Å²) in [5.41, 5.74) is 1.33. The molecule has 1 heterocycles. The summed E-state index contributed by atoms with van der Waals surface area (Å²) in [6.07, 6.45) is 2.87. The van der Waals surface area contributed by atoms with Gasteiger partial charge in [-0.05, 0) is 74.1 Å². The fraction of sp³-hybridized carbons (Fsp3) is 0.458. The molecule has 1 aromatic carbocycles. The van der Waals surface area contributed by atoms with E-state index in [-0.39, 0.29) is 12.5 Å². The Balaban J connectivity index is 1.60. The van der Waals surface area contributed by atoms with Crippen LogP contribution in [0.2, 0.25) is 0 Å². The van der Waals surface area contributed by atoms with Crippen LogP contribution in [0.4, 0.5) is 9.80 Å². The Hall–Kier alpha value is -2.52. The number of carbonyl (C=O) groups excluding carboxylic acids is 3. The van der Waals surface area contributed by atoms with E-state index in [1.807, 2.05) is 24.3 Å². The fourth-order valence-electron chi connectivity index (χ4n) is 3.69. The number of fused-ring (bicyclic) bond motifs is 1. The van der Waals surface area contributed by atoms with Crippen LogP contribution < -0.4 is 15.4 Å². The molecule has 9 heteroatoms. The third-order valence-corrected chi connectivity index (χ3v) is 7.63. The number of thioether (sulfide) groups is 1. The van der Waals surface area contributed by atoms with E-state index in [1.165, 1.54) is 11.3 Å². The minimum atomic E-state index is -0.778. The maximum Gasteiger partial charge on any atom is 0.414 e. The van der Waals surface area contributed by atoms with Gasteiger partial charge in [-0.1, -0.05) is 6.92 Å². The summed E-state index contributed by atoms with van der Waals surface area (Å²) < 4.78 is 10.0. The molecule has 0 radical (unpaired) electrons. The Morgan fingerprint density at radius 3 is 2.67 bits per heavy atom. The first-order chi connectivity index (χ1) is 15.9. The number of methoxy groups -OCH3 is 1. The monoisotopic (exact) mass is 490 g/mol. The summed E-state index contributed by atoms with van der Waals surface area (Å²) in [6.45, 7) is 4.03. The lowest BCUT2D eigenvalue weighted by atomic mass is 9.88. The molecule has 33 heavy (non-hydrogen) atoms. The molecule has 2 N–H and O–H groups in total. The molecule has 0 fully saturated rings. The van der Waals surface area contributed by atoms with Gasteiger partial charge in [0.1, 0.15) is 10.8 Å². The number of anilines is 1. The predicted octanol–water partition coefficient (Wildman–Crippen LogP) is 5.28. The number of ether oxygens (including phenoxy) is 2. The predicted molar refractivity (Wildman–Crippen MR) is 132 cm³/mol. The first-order valence-electron chi connectivity index (χ1n) is 11.1. The lowest BCUT2D eigenvalue weighted by Gasteiger charge is -2.18. The van der Waals surface area contributed by atoms with E-state index in [2.05, 4.69) is 17.6 Å². The molecule has 1 aliphatic rings. The van der Waals surface area contributed by atoms with Gasteiger partial charge in [-0.3, -0.25) is 14.9 Å². The molecular weight excluding hydrogens is 460 g/mol. The first-order valence-corrected chi connectivity index (χ1v) is 12.9. The molecule has 3 amide bonds. The van der Waals surface area contributed by atoms with Gasteiger partial charge >= 0.3 is 6.09 Å². The Kier molecular flexibility index (Phi) is 9.20. The highest BCUT2D eigenvalue weighted by molar-refractivity contribution is 7.99. The van der Waals surface area contributed by atoms with Crippen molar-refractivity contribution in [3.05, 3.63) is 40.3 Å². The van der Waals surface area contributed by atoms with Crippen LogP contribution in [-0.4, -0.2) is 37.4 Å². The van der Waals surface area contributed by atoms with Crippen LogP contribution in [0.1, 0.15) is 53.9 Å². The zero-order valence-electron chi connectivity index (χ0n) is 19.2. The molecule has 0 bridgehead atoms. The van der Waals surface area contributed by atoms with Gasteiger partial charge < -0.3 is 14.8 Å². The van der Waals surface area contributed by atoms with Crippen LogP contribution >= 0.6 is 23.1 Å². The normalized spacial score (nSPS) is 14.8. The summed E-state index contributed by atoms with van der Waals surface area (Å²) in [5.74, 6) is 1.48. The van der Waals surface area contributed by atoms with E-state index in [4.69, 9.17) is 9.47 Å². The summed E-state index contributed by atoms with van der Waals surface area (Å²) in [6, 6.07) is 7.82. The molecule has 0 saturated carbocycles. The van der Waals surface area contributed by atoms with Crippen LogP contribution in [-0.2, 0) is 22.4 Å². The zero-order chi connectivity index (χ0) is 23.8. The number of imide groups is 1. The number of benzene rings is 1. The topological polar surface area (TPSA) is 93.7 Å². The van der Waals surface area contributed by atoms with Gasteiger partial charge in [-0.2, -0.15) is 0 Å². The number of hydrogen-bond donors (Lipinski definition) is 2. The molecule has 3 rings (SSSR count). The average molecular weight is 491 g/mol. The molecule has 1 unspecified atom stereocenters. The van der Waals surface area contributed by atoms with Crippen LogP contribution in [0.25, 0.3) is 0 Å². The second-order valence-corrected chi connectivity index (χ2v) is 10.2. The molecule has 7 nitrogen and oxygen atoms in total. The van der Waals surface area contributed by atoms with E-state index in [1.54, 1.807) is 25.8 Å². The van der Waals surface area contributed by atoms with Crippen molar-refractivity contribution in [2.45, 2.75) is 50.8 Å². The minimum absolute atomic E-state index is 0.137. The molecular formula is C24H30N2O5S2. The van der Waals surface area contributed by atoms with Crippen molar-refractivity contribution in [1.29, 1.82) is 0 Å². The van der Waals surface area contributed by atoms with Gasteiger partial charge in [-0.15, -0.1) is 23.1 Å². The van der Waals surface area contributed by atoms with E-state index in [9.17, 15) is 14.4 Å². The second-order valence-electron chi connectivity index (χ2n) is 7.91. The van der Waals surface area contributed by atoms with Gasteiger partial charge in [0.25, 0.3) is 5.91 Å². The summed E-state index contributed by atoms with van der Waals surface area (Å²) in [4.78, 5) is 39.5. The second kappa shape index (κ2) is 12.1. The highest BCUT2D eigenvalue weighted by atomic mass is 32.2. The first kappa shape index (κ1) is 25.1. The Morgan fingerprint density at radius 1 is 1.21 bits per heavy atom. The molecule has 0 aliphatic heterocycles. The largest absolute Gasteiger partial charge is 0.497 e. The third-order valence-electron chi connectivity index (χ3n) is 5.36. The standard InChI is InChI=1S/C24H30N2O5S2/c1-4-31-24(29)26-22(28)21-18-12-7-15(2)14-19(18)33-23(21)25-20(27)6-5-13-32-17-10-8-16(30-3)9-11-17/h8-11,15H,4-7,12-14H2,1-3H3,(H,25,27)(H,26,28,29). The molecule has 1 aliphatic carbocycles. The third kappa shape index (κ3) is 6.98. The maximum absolute atomic E-state index is 12.8. The number of thiophene rings is 1. The van der Waals surface area contributed by atoms with Gasteiger partial charge in [0.2, 0.25) is 5.91 Å². The number of amides is 3. The van der Waals surface area contributed by atoms with E-state index in [0.717, 1.165) is 46.1 Å². The zero-order valence-corrected chi connectivity index (χ0v) is 20.8. The summed E-state index contributed by atoms with van der Waals surface area (Å²) >= 11 is 3.12. The number of nitrogens with one attached hydrogen (secondary N) is 2. The molecule has 2 aromatic rings. The van der Waals surface area contributed by atoms with Crippen molar-refractivity contribution in [2.75, 3.05) is 24.8 Å². The molecule has 1 aromatic heterocycles. The van der Waals surface area contributed by atoms with Crippen molar-refractivity contribution in [2.24, 2.45) is 5.92 Å². The Bertz CT molecular complexity index is 987. The van der Waals surface area contributed by atoms with Gasteiger partial charge in [0.05, 0.1) is 19.3 Å². The lowest BCUT2D eigenvalue weighted by Crippen LogP contribution is -2.32. The fourth-order valence-corrected chi connectivity index (χ4v) is 5.96. The number of carbonyl (C=O) groups is 3. The quantitative estimate of drug-likeness (QED) is 0.367.